The number of nitriles is 1. The molecule has 0 bridgehead atoms. The van der Waals surface area contributed by atoms with E-state index >= 15 is 0 Å². The number of nitrogens with zero attached hydrogens (tertiary/aromatic N) is 3. The number of rotatable bonds is 4. The van der Waals surface area contributed by atoms with Gasteiger partial charge in [0.05, 0.1) is 23.2 Å². The van der Waals surface area contributed by atoms with Crippen LogP contribution in [0, 0.1) is 11.3 Å². The lowest BCUT2D eigenvalue weighted by Crippen LogP contribution is -2.54. The molecular weight excluding hydrogens is 344 g/mol. The third-order valence-electron chi connectivity index (χ3n) is 4.12. The van der Waals surface area contributed by atoms with E-state index in [0.29, 0.717) is 49.1 Å². The van der Waals surface area contributed by atoms with Crippen molar-refractivity contribution in [2.75, 3.05) is 38.1 Å². The lowest BCUT2D eigenvalue weighted by molar-refractivity contribution is -0.121. The van der Waals surface area contributed by atoms with Gasteiger partial charge in [0.1, 0.15) is 6.07 Å². The molecule has 25 heavy (non-hydrogen) atoms. The molecule has 1 aliphatic rings. The molecule has 8 heteroatoms. The van der Waals surface area contributed by atoms with Crippen molar-refractivity contribution in [3.63, 3.8) is 0 Å². The Kier molecular flexibility index (Phi) is 6.62. The summed E-state index contributed by atoms with van der Waals surface area (Å²) in [5, 5.41) is 12.0. The second-order valence-electron chi connectivity index (χ2n) is 5.69. The summed E-state index contributed by atoms with van der Waals surface area (Å²) in [6.45, 7) is 6.20. The Labute approximate surface area is 152 Å². The molecule has 2 rings (SSSR count). The highest BCUT2D eigenvalue weighted by Crippen LogP contribution is 2.20. The van der Waals surface area contributed by atoms with Gasteiger partial charge in [0, 0.05) is 31.9 Å². The molecule has 1 aliphatic heterocycles. The maximum Gasteiger partial charge on any atom is 0.409 e. The first-order chi connectivity index (χ1) is 12.0. The Morgan fingerprint density at radius 1 is 1.36 bits per heavy atom. The van der Waals surface area contributed by atoms with Crippen LogP contribution in [0.3, 0.4) is 0 Å². The van der Waals surface area contributed by atoms with Crippen LogP contribution in [-0.4, -0.2) is 60.6 Å². The van der Waals surface area contributed by atoms with Gasteiger partial charge in [-0.1, -0.05) is 11.6 Å². The molecular formula is C17H21ClN4O3. The Morgan fingerprint density at radius 3 is 2.60 bits per heavy atom. The fraction of sp³-hybridized carbons (Fsp3) is 0.471. The van der Waals surface area contributed by atoms with E-state index in [0.717, 1.165) is 0 Å². The molecule has 0 aromatic heterocycles. The number of hydrogen-bond acceptors (Lipinski definition) is 5. The number of hydrogen-bond donors (Lipinski definition) is 1. The fourth-order valence-corrected chi connectivity index (χ4v) is 2.83. The molecule has 1 atom stereocenters. The lowest BCUT2D eigenvalue weighted by atomic mass is 10.2. The zero-order valence-electron chi connectivity index (χ0n) is 14.3. The predicted molar refractivity (Wildman–Crippen MR) is 94.4 cm³/mol. The summed E-state index contributed by atoms with van der Waals surface area (Å²) in [5.41, 5.74) is 0.911. The van der Waals surface area contributed by atoms with Crippen molar-refractivity contribution in [3.05, 3.63) is 28.8 Å². The van der Waals surface area contributed by atoms with Crippen LogP contribution in [0.2, 0.25) is 5.02 Å². The highest BCUT2D eigenvalue weighted by atomic mass is 35.5. The Morgan fingerprint density at radius 2 is 2.04 bits per heavy atom. The highest BCUT2D eigenvalue weighted by Gasteiger charge is 2.28. The molecule has 0 saturated carbocycles. The molecule has 1 fully saturated rings. The van der Waals surface area contributed by atoms with Crippen LogP contribution in [0.1, 0.15) is 19.4 Å². The smallest absolute Gasteiger partial charge is 0.409 e. The van der Waals surface area contributed by atoms with Crippen LogP contribution < -0.4 is 5.32 Å². The summed E-state index contributed by atoms with van der Waals surface area (Å²) in [4.78, 5) is 27.8. The van der Waals surface area contributed by atoms with Crippen molar-refractivity contribution < 1.29 is 14.3 Å². The standard InChI is InChI=1S/C17H21ClN4O3/c1-3-25-17(24)22-8-6-21(7-9-22)12(2)16(23)20-14-5-4-13(11-19)15(18)10-14/h4-5,10,12H,3,6-9H2,1-2H3,(H,20,23)/t12-/m0/s1. The molecule has 1 saturated heterocycles. The number of ether oxygens (including phenoxy) is 1. The van der Waals surface area contributed by atoms with E-state index in [-0.39, 0.29) is 18.0 Å². The number of anilines is 1. The summed E-state index contributed by atoms with van der Waals surface area (Å²) in [6, 6.07) is 6.40. The van der Waals surface area contributed by atoms with Gasteiger partial charge in [-0.25, -0.2) is 4.79 Å². The molecule has 1 N–H and O–H groups in total. The summed E-state index contributed by atoms with van der Waals surface area (Å²) in [7, 11) is 0. The van der Waals surface area contributed by atoms with Gasteiger partial charge in [-0.15, -0.1) is 0 Å². The first-order valence-corrected chi connectivity index (χ1v) is 8.50. The molecule has 7 nitrogen and oxygen atoms in total. The third-order valence-corrected chi connectivity index (χ3v) is 4.44. The van der Waals surface area contributed by atoms with E-state index in [1.165, 1.54) is 0 Å². The second-order valence-corrected chi connectivity index (χ2v) is 6.10. The van der Waals surface area contributed by atoms with Crippen molar-refractivity contribution in [1.29, 1.82) is 5.26 Å². The molecule has 0 radical (unpaired) electrons. The zero-order chi connectivity index (χ0) is 18.4. The first-order valence-electron chi connectivity index (χ1n) is 8.12. The van der Waals surface area contributed by atoms with Gasteiger partial charge in [-0.2, -0.15) is 5.26 Å². The fourth-order valence-electron chi connectivity index (χ4n) is 2.60. The average molecular weight is 365 g/mol. The van der Waals surface area contributed by atoms with Crippen LogP contribution in [0.4, 0.5) is 10.5 Å². The van der Waals surface area contributed by atoms with E-state index in [9.17, 15) is 9.59 Å². The number of nitrogens with one attached hydrogen (secondary N) is 1. The summed E-state index contributed by atoms with van der Waals surface area (Å²) in [6.07, 6.45) is -0.313. The number of piperazine rings is 1. The number of halogens is 1. The van der Waals surface area contributed by atoms with Crippen molar-refractivity contribution in [1.82, 2.24) is 9.80 Å². The quantitative estimate of drug-likeness (QED) is 0.886. The summed E-state index contributed by atoms with van der Waals surface area (Å²) < 4.78 is 4.99. The van der Waals surface area contributed by atoms with Crippen molar-refractivity contribution >= 4 is 29.3 Å². The molecule has 1 aromatic rings. The zero-order valence-corrected chi connectivity index (χ0v) is 15.0. The normalized spacial score (nSPS) is 16.0. The van der Waals surface area contributed by atoms with Gasteiger partial charge < -0.3 is 15.0 Å². The van der Waals surface area contributed by atoms with E-state index in [2.05, 4.69) is 5.32 Å². The average Bonchev–Trinajstić information content (AvgIpc) is 2.61. The van der Waals surface area contributed by atoms with E-state index in [4.69, 9.17) is 21.6 Å². The topological polar surface area (TPSA) is 85.7 Å². The molecule has 1 heterocycles. The van der Waals surface area contributed by atoms with E-state index < -0.39 is 0 Å². The minimum atomic E-state index is -0.348. The van der Waals surface area contributed by atoms with Crippen LogP contribution >= 0.6 is 11.6 Å². The predicted octanol–water partition coefficient (Wildman–Crippen LogP) is 2.31. The Balaban J connectivity index is 1.90. The van der Waals surface area contributed by atoms with Gasteiger partial charge in [-0.3, -0.25) is 9.69 Å². The summed E-state index contributed by atoms with van der Waals surface area (Å²) in [5.74, 6) is -0.162. The van der Waals surface area contributed by atoms with E-state index in [1.807, 2.05) is 17.9 Å². The summed E-state index contributed by atoms with van der Waals surface area (Å²) >= 11 is 5.98. The van der Waals surface area contributed by atoms with Gasteiger partial charge >= 0.3 is 6.09 Å². The Bertz CT molecular complexity index is 681. The van der Waals surface area contributed by atoms with Crippen LogP contribution in [0.25, 0.3) is 0 Å². The maximum absolute atomic E-state index is 12.4. The lowest BCUT2D eigenvalue weighted by Gasteiger charge is -2.36. The second kappa shape index (κ2) is 8.70. The van der Waals surface area contributed by atoms with Gasteiger partial charge in [0.25, 0.3) is 0 Å². The molecule has 0 unspecified atom stereocenters. The molecule has 2 amide bonds. The number of carbonyl (C=O) groups excluding carboxylic acids is 2. The van der Waals surface area contributed by atoms with Crippen LogP contribution in [0.15, 0.2) is 18.2 Å². The van der Waals surface area contributed by atoms with Crippen molar-refractivity contribution in [2.45, 2.75) is 19.9 Å². The number of carbonyl (C=O) groups is 2. The van der Waals surface area contributed by atoms with Crippen molar-refractivity contribution in [2.24, 2.45) is 0 Å². The Hall–Kier alpha value is -2.30. The van der Waals surface area contributed by atoms with Crippen LogP contribution in [-0.2, 0) is 9.53 Å². The van der Waals surface area contributed by atoms with E-state index in [1.54, 1.807) is 30.0 Å². The molecule has 0 aliphatic carbocycles. The molecule has 1 aromatic carbocycles. The highest BCUT2D eigenvalue weighted by molar-refractivity contribution is 6.32. The number of benzene rings is 1. The molecule has 0 spiro atoms. The minimum Gasteiger partial charge on any atom is -0.450 e. The van der Waals surface area contributed by atoms with Crippen molar-refractivity contribution in [3.8, 4) is 6.07 Å². The number of amides is 2. The minimum absolute atomic E-state index is 0.162. The van der Waals surface area contributed by atoms with Crippen LogP contribution in [0.5, 0.6) is 0 Å². The maximum atomic E-state index is 12.4. The monoisotopic (exact) mass is 364 g/mol. The SMILES string of the molecule is CCOC(=O)N1CCN([C@@H](C)C(=O)Nc2ccc(C#N)c(Cl)c2)CC1. The van der Waals surface area contributed by atoms with Gasteiger partial charge in [0.15, 0.2) is 0 Å². The van der Waals surface area contributed by atoms with Gasteiger partial charge in [-0.05, 0) is 32.0 Å². The largest absolute Gasteiger partial charge is 0.450 e. The first kappa shape index (κ1) is 19.0. The molecule has 134 valence electrons. The van der Waals surface area contributed by atoms with Gasteiger partial charge in [0.2, 0.25) is 5.91 Å². The third kappa shape index (κ3) is 4.84.